The molecule has 3 nitrogen and oxygen atoms in total. The summed E-state index contributed by atoms with van der Waals surface area (Å²) in [7, 11) is 0. The molecule has 2 aromatic rings. The number of nitrogens with one attached hydrogen (secondary N) is 1. The van der Waals surface area contributed by atoms with Gasteiger partial charge in [-0.15, -0.1) is 0 Å². The maximum atomic E-state index is 12.2. The summed E-state index contributed by atoms with van der Waals surface area (Å²) in [5.41, 5.74) is 10.7. The van der Waals surface area contributed by atoms with E-state index in [1.165, 1.54) is 16.7 Å². The van der Waals surface area contributed by atoms with Crippen LogP contribution in [-0.4, -0.2) is 11.9 Å². The maximum Gasteiger partial charge on any atom is 0.223 e. The Morgan fingerprint density at radius 3 is 2.57 bits per heavy atom. The third kappa shape index (κ3) is 3.99. The zero-order valence-corrected chi connectivity index (χ0v) is 13.6. The molecule has 1 amide bonds. The molecule has 2 atom stereocenters. The normalized spacial score (nSPS) is 20.4. The molecule has 0 aromatic heterocycles. The van der Waals surface area contributed by atoms with Gasteiger partial charge >= 0.3 is 0 Å². The first-order valence-corrected chi connectivity index (χ1v) is 8.31. The van der Waals surface area contributed by atoms with Crippen LogP contribution in [-0.2, 0) is 11.3 Å². The number of amides is 1. The first-order valence-electron chi connectivity index (χ1n) is 8.31. The van der Waals surface area contributed by atoms with Crippen molar-refractivity contribution in [3.63, 3.8) is 0 Å². The molecule has 1 fully saturated rings. The maximum absolute atomic E-state index is 12.2. The lowest BCUT2D eigenvalue weighted by Crippen LogP contribution is -2.29. The number of carbonyl (C=O) groups is 1. The van der Waals surface area contributed by atoms with Crippen molar-refractivity contribution in [1.82, 2.24) is 5.32 Å². The molecular weight excluding hydrogens is 284 g/mol. The number of benzene rings is 2. The highest BCUT2D eigenvalue weighted by Gasteiger charge is 2.27. The van der Waals surface area contributed by atoms with Crippen LogP contribution in [0.1, 0.15) is 30.4 Å². The van der Waals surface area contributed by atoms with Crippen LogP contribution in [0.3, 0.4) is 0 Å². The summed E-state index contributed by atoms with van der Waals surface area (Å²) in [6.07, 6.45) is 2.69. The average Bonchev–Trinajstić information content (AvgIpc) is 2.99. The first kappa shape index (κ1) is 15.8. The van der Waals surface area contributed by atoms with E-state index in [9.17, 15) is 4.79 Å². The smallest absolute Gasteiger partial charge is 0.223 e. The van der Waals surface area contributed by atoms with E-state index in [0.29, 0.717) is 6.54 Å². The minimum atomic E-state index is 0.0879. The first-order chi connectivity index (χ1) is 11.1. The fourth-order valence-corrected chi connectivity index (χ4v) is 3.27. The quantitative estimate of drug-likeness (QED) is 0.909. The minimum absolute atomic E-state index is 0.0879. The molecule has 23 heavy (non-hydrogen) atoms. The zero-order valence-electron chi connectivity index (χ0n) is 13.6. The van der Waals surface area contributed by atoms with Crippen LogP contribution >= 0.6 is 0 Å². The Bertz CT molecular complexity index is 696. The molecular formula is C20H24N2O. The third-order valence-corrected chi connectivity index (χ3v) is 4.59. The van der Waals surface area contributed by atoms with Gasteiger partial charge in [-0.3, -0.25) is 4.79 Å². The molecule has 0 spiro atoms. The summed E-state index contributed by atoms with van der Waals surface area (Å²) < 4.78 is 0. The summed E-state index contributed by atoms with van der Waals surface area (Å²) in [4.78, 5) is 12.2. The number of nitrogens with two attached hydrogens (primary N) is 1. The van der Waals surface area contributed by atoms with Crippen LogP contribution in [0.25, 0.3) is 11.1 Å². The van der Waals surface area contributed by atoms with Crippen molar-refractivity contribution in [1.29, 1.82) is 0 Å². The number of rotatable bonds is 4. The monoisotopic (exact) mass is 308 g/mol. The molecule has 1 aliphatic rings. The molecule has 0 bridgehead atoms. The van der Waals surface area contributed by atoms with Gasteiger partial charge in [-0.25, -0.2) is 0 Å². The lowest BCUT2D eigenvalue weighted by atomic mass is 10.0. The molecule has 3 heteroatoms. The van der Waals surface area contributed by atoms with E-state index in [2.05, 4.69) is 54.7 Å². The molecule has 1 aliphatic carbocycles. The minimum Gasteiger partial charge on any atom is -0.352 e. The molecule has 0 aliphatic heterocycles. The number of hydrogen-bond acceptors (Lipinski definition) is 2. The van der Waals surface area contributed by atoms with E-state index >= 15 is 0 Å². The molecule has 2 unspecified atom stereocenters. The predicted octanol–water partition coefficient (Wildman–Crippen LogP) is 3.41. The Morgan fingerprint density at radius 1 is 1.13 bits per heavy atom. The topological polar surface area (TPSA) is 55.1 Å². The predicted molar refractivity (Wildman–Crippen MR) is 93.8 cm³/mol. The Morgan fingerprint density at radius 2 is 1.87 bits per heavy atom. The molecule has 120 valence electrons. The van der Waals surface area contributed by atoms with Crippen LogP contribution in [0.4, 0.5) is 0 Å². The standard InChI is InChI=1S/C20H24N2O/c1-14-4-2-6-16(10-14)17-7-3-5-15(11-17)13-22-20(23)18-8-9-19(21)12-18/h2-7,10-11,18-19H,8-9,12-13,21H2,1H3,(H,22,23). The van der Waals surface area contributed by atoms with Gasteiger partial charge in [0.1, 0.15) is 0 Å². The highest BCUT2D eigenvalue weighted by Crippen LogP contribution is 2.24. The average molecular weight is 308 g/mol. The zero-order chi connectivity index (χ0) is 16.2. The summed E-state index contributed by atoms with van der Waals surface area (Å²) in [6, 6.07) is 17.0. The van der Waals surface area contributed by atoms with Crippen LogP contribution in [0.15, 0.2) is 48.5 Å². The van der Waals surface area contributed by atoms with Crippen molar-refractivity contribution in [3.8, 4) is 11.1 Å². The molecule has 3 N–H and O–H groups in total. The van der Waals surface area contributed by atoms with Gasteiger partial charge in [0.15, 0.2) is 0 Å². The van der Waals surface area contributed by atoms with Gasteiger partial charge < -0.3 is 11.1 Å². The molecule has 3 rings (SSSR count). The summed E-state index contributed by atoms with van der Waals surface area (Å²) >= 11 is 0. The second kappa shape index (κ2) is 6.97. The molecule has 0 heterocycles. The van der Waals surface area contributed by atoms with Gasteiger partial charge in [0.25, 0.3) is 0 Å². The summed E-state index contributed by atoms with van der Waals surface area (Å²) in [6.45, 7) is 2.67. The van der Waals surface area contributed by atoms with E-state index in [-0.39, 0.29) is 17.9 Å². The fraction of sp³-hybridized carbons (Fsp3) is 0.350. The molecule has 0 radical (unpaired) electrons. The van der Waals surface area contributed by atoms with E-state index in [1.807, 2.05) is 6.07 Å². The number of carbonyl (C=O) groups excluding carboxylic acids is 1. The number of hydrogen-bond donors (Lipinski definition) is 2. The van der Waals surface area contributed by atoms with Crippen molar-refractivity contribution < 1.29 is 4.79 Å². The SMILES string of the molecule is Cc1cccc(-c2cccc(CNC(=O)C3CCC(N)C3)c2)c1. The van der Waals surface area contributed by atoms with E-state index < -0.39 is 0 Å². The van der Waals surface area contributed by atoms with Crippen molar-refractivity contribution in [2.45, 2.75) is 38.8 Å². The Kier molecular flexibility index (Phi) is 4.77. The van der Waals surface area contributed by atoms with Crippen LogP contribution in [0.2, 0.25) is 0 Å². The fourth-order valence-electron chi connectivity index (χ4n) is 3.27. The summed E-state index contributed by atoms with van der Waals surface area (Å²) in [5.74, 6) is 0.226. The van der Waals surface area contributed by atoms with E-state index in [4.69, 9.17) is 5.73 Å². The summed E-state index contributed by atoms with van der Waals surface area (Å²) in [5, 5.41) is 3.06. The van der Waals surface area contributed by atoms with Crippen molar-refractivity contribution in [3.05, 3.63) is 59.7 Å². The molecule has 0 saturated heterocycles. The van der Waals surface area contributed by atoms with Gasteiger partial charge in [0.05, 0.1) is 0 Å². The van der Waals surface area contributed by atoms with Gasteiger partial charge in [-0.1, -0.05) is 48.0 Å². The highest BCUT2D eigenvalue weighted by molar-refractivity contribution is 5.79. The van der Waals surface area contributed by atoms with Crippen LogP contribution < -0.4 is 11.1 Å². The van der Waals surface area contributed by atoms with E-state index in [0.717, 1.165) is 24.8 Å². The van der Waals surface area contributed by atoms with E-state index in [1.54, 1.807) is 0 Å². The third-order valence-electron chi connectivity index (χ3n) is 4.59. The number of aryl methyl sites for hydroxylation is 1. The highest BCUT2D eigenvalue weighted by atomic mass is 16.1. The van der Waals surface area contributed by atoms with Gasteiger partial charge in [-0.05, 0) is 48.9 Å². The lowest BCUT2D eigenvalue weighted by Gasteiger charge is -2.12. The second-order valence-electron chi connectivity index (χ2n) is 6.56. The van der Waals surface area contributed by atoms with Crippen molar-refractivity contribution in [2.75, 3.05) is 0 Å². The van der Waals surface area contributed by atoms with Gasteiger partial charge in [0.2, 0.25) is 5.91 Å². The lowest BCUT2D eigenvalue weighted by molar-refractivity contribution is -0.125. The Hall–Kier alpha value is -2.13. The molecule has 1 saturated carbocycles. The van der Waals surface area contributed by atoms with Crippen LogP contribution in [0.5, 0.6) is 0 Å². The second-order valence-corrected chi connectivity index (χ2v) is 6.56. The van der Waals surface area contributed by atoms with Crippen molar-refractivity contribution in [2.24, 2.45) is 11.7 Å². The van der Waals surface area contributed by atoms with Crippen molar-refractivity contribution >= 4 is 5.91 Å². The Balaban J connectivity index is 1.65. The largest absolute Gasteiger partial charge is 0.352 e. The Labute approximate surface area is 137 Å². The van der Waals surface area contributed by atoms with Crippen LogP contribution in [0, 0.1) is 12.8 Å². The van der Waals surface area contributed by atoms with Gasteiger partial charge in [-0.2, -0.15) is 0 Å². The molecule has 2 aromatic carbocycles. The van der Waals surface area contributed by atoms with Gasteiger partial charge in [0, 0.05) is 18.5 Å².